The lowest BCUT2D eigenvalue weighted by molar-refractivity contribution is 0.0949. The maximum absolute atomic E-state index is 11.6. The minimum Gasteiger partial charge on any atom is -0.397 e. The van der Waals surface area contributed by atoms with E-state index in [0.717, 1.165) is 5.82 Å². The molecule has 0 saturated heterocycles. The number of nitrogens with two attached hydrogens (primary N) is 1. The van der Waals surface area contributed by atoms with Gasteiger partial charge in [-0.25, -0.2) is 9.97 Å². The summed E-state index contributed by atoms with van der Waals surface area (Å²) in [6.45, 7) is 0.512. The third kappa shape index (κ3) is 3.04. The molecule has 0 aliphatic rings. The number of nitrogens with zero attached hydrogens (tertiary/aromatic N) is 2. The fourth-order valence-electron chi connectivity index (χ4n) is 1.36. The molecule has 0 saturated carbocycles. The topological polar surface area (TPSA) is 96.7 Å². The summed E-state index contributed by atoms with van der Waals surface area (Å²) in [6, 6.07) is 3.24. The van der Waals surface area contributed by atoms with Crippen molar-refractivity contribution in [2.75, 3.05) is 12.3 Å². The van der Waals surface area contributed by atoms with Gasteiger partial charge >= 0.3 is 0 Å². The number of carbonyl (C=O) groups is 1. The van der Waals surface area contributed by atoms with E-state index in [4.69, 9.17) is 5.73 Å². The molecule has 2 aromatic rings. The smallest absolute Gasteiger partial charge is 0.269 e. The molecule has 4 N–H and O–H groups in total. The molecule has 0 radical (unpaired) electrons. The van der Waals surface area contributed by atoms with Crippen molar-refractivity contribution in [1.82, 2.24) is 20.3 Å². The number of nitrogens with one attached hydrogen (secondary N) is 2. The lowest BCUT2D eigenvalue weighted by Gasteiger charge is -2.03. The van der Waals surface area contributed by atoms with Gasteiger partial charge in [0.05, 0.1) is 11.9 Å². The number of pyridine rings is 1. The van der Waals surface area contributed by atoms with E-state index >= 15 is 0 Å². The highest BCUT2D eigenvalue weighted by Gasteiger charge is 2.05. The Labute approximate surface area is 98.3 Å². The highest BCUT2D eigenvalue weighted by Crippen LogP contribution is 2.00. The quantitative estimate of drug-likeness (QED) is 0.707. The molecule has 0 aromatic carbocycles. The van der Waals surface area contributed by atoms with Crippen LogP contribution in [0, 0.1) is 0 Å². The first kappa shape index (κ1) is 11.1. The van der Waals surface area contributed by atoms with E-state index < -0.39 is 0 Å². The maximum Gasteiger partial charge on any atom is 0.269 e. The predicted octanol–water partition coefficient (Wildman–Crippen LogP) is 0.359. The van der Waals surface area contributed by atoms with Crippen LogP contribution >= 0.6 is 0 Å². The molecular formula is C11H13N5O. The number of aromatic amines is 1. The highest BCUT2D eigenvalue weighted by molar-refractivity contribution is 5.92. The predicted molar refractivity (Wildman–Crippen MR) is 63.3 cm³/mol. The van der Waals surface area contributed by atoms with Gasteiger partial charge in [-0.2, -0.15) is 0 Å². The molecule has 0 fully saturated rings. The Kier molecular flexibility index (Phi) is 3.34. The summed E-state index contributed by atoms with van der Waals surface area (Å²) in [5.41, 5.74) is 6.38. The Balaban J connectivity index is 1.83. The van der Waals surface area contributed by atoms with E-state index in [0.29, 0.717) is 24.3 Å². The second-order valence-electron chi connectivity index (χ2n) is 3.52. The molecule has 0 spiro atoms. The van der Waals surface area contributed by atoms with Crippen LogP contribution in [0.2, 0.25) is 0 Å². The van der Waals surface area contributed by atoms with Gasteiger partial charge in [-0.3, -0.25) is 4.79 Å². The van der Waals surface area contributed by atoms with E-state index in [-0.39, 0.29) is 5.91 Å². The molecule has 0 aliphatic carbocycles. The van der Waals surface area contributed by atoms with Crippen LogP contribution in [-0.2, 0) is 6.42 Å². The number of imidazole rings is 1. The third-order valence-corrected chi connectivity index (χ3v) is 2.22. The Morgan fingerprint density at radius 2 is 2.29 bits per heavy atom. The summed E-state index contributed by atoms with van der Waals surface area (Å²) in [6.07, 6.45) is 5.55. The van der Waals surface area contributed by atoms with Gasteiger partial charge in [0.1, 0.15) is 11.5 Å². The lowest BCUT2D eigenvalue weighted by Crippen LogP contribution is -2.26. The Morgan fingerprint density at radius 1 is 1.41 bits per heavy atom. The Bertz CT molecular complexity index is 477. The van der Waals surface area contributed by atoms with Crippen LogP contribution in [0.4, 0.5) is 5.69 Å². The van der Waals surface area contributed by atoms with Crippen molar-refractivity contribution in [2.24, 2.45) is 0 Å². The fourth-order valence-corrected chi connectivity index (χ4v) is 1.36. The molecular weight excluding hydrogens is 218 g/mol. The number of anilines is 1. The van der Waals surface area contributed by atoms with E-state index in [2.05, 4.69) is 20.3 Å². The summed E-state index contributed by atoms with van der Waals surface area (Å²) in [4.78, 5) is 22.6. The first-order valence-corrected chi connectivity index (χ1v) is 5.23. The molecule has 6 heteroatoms. The van der Waals surface area contributed by atoms with Crippen LogP contribution in [0.15, 0.2) is 30.7 Å². The maximum atomic E-state index is 11.6. The normalized spacial score (nSPS) is 10.1. The van der Waals surface area contributed by atoms with Crippen molar-refractivity contribution < 1.29 is 4.79 Å². The zero-order valence-electron chi connectivity index (χ0n) is 9.18. The fraction of sp³-hybridized carbons (Fsp3) is 0.182. The molecule has 2 aromatic heterocycles. The van der Waals surface area contributed by atoms with Crippen LogP contribution in [0.25, 0.3) is 0 Å². The zero-order chi connectivity index (χ0) is 12.1. The minimum absolute atomic E-state index is 0.212. The average Bonchev–Trinajstić information content (AvgIpc) is 2.83. The van der Waals surface area contributed by atoms with Crippen LogP contribution < -0.4 is 11.1 Å². The van der Waals surface area contributed by atoms with Crippen molar-refractivity contribution in [3.63, 3.8) is 0 Å². The first-order chi connectivity index (χ1) is 8.25. The summed E-state index contributed by atoms with van der Waals surface area (Å²) >= 11 is 0. The van der Waals surface area contributed by atoms with Crippen molar-refractivity contribution in [2.45, 2.75) is 6.42 Å². The third-order valence-electron chi connectivity index (χ3n) is 2.22. The van der Waals surface area contributed by atoms with Gasteiger partial charge in [-0.1, -0.05) is 0 Å². The van der Waals surface area contributed by atoms with Crippen molar-refractivity contribution >= 4 is 11.6 Å². The zero-order valence-corrected chi connectivity index (χ0v) is 9.18. The first-order valence-electron chi connectivity index (χ1n) is 5.23. The number of carbonyl (C=O) groups excluding carboxylic acids is 1. The molecule has 0 aliphatic heterocycles. The SMILES string of the molecule is Nc1ccc(C(=O)NCCc2ncc[nH]2)nc1. The van der Waals surface area contributed by atoms with E-state index in [1.54, 1.807) is 24.5 Å². The second kappa shape index (κ2) is 5.11. The van der Waals surface area contributed by atoms with Crippen molar-refractivity contribution in [1.29, 1.82) is 0 Å². The molecule has 0 bridgehead atoms. The van der Waals surface area contributed by atoms with Crippen LogP contribution in [0.3, 0.4) is 0 Å². The van der Waals surface area contributed by atoms with E-state index in [9.17, 15) is 4.79 Å². The van der Waals surface area contributed by atoms with Gasteiger partial charge < -0.3 is 16.0 Å². The molecule has 0 atom stereocenters. The van der Waals surface area contributed by atoms with Gasteiger partial charge in [-0.05, 0) is 12.1 Å². The summed E-state index contributed by atoms with van der Waals surface area (Å²) in [5.74, 6) is 0.632. The molecule has 2 rings (SSSR count). The molecule has 88 valence electrons. The number of hydrogen-bond acceptors (Lipinski definition) is 4. The minimum atomic E-state index is -0.212. The monoisotopic (exact) mass is 231 g/mol. The van der Waals surface area contributed by atoms with Crippen LogP contribution in [-0.4, -0.2) is 27.4 Å². The molecule has 0 unspecified atom stereocenters. The van der Waals surface area contributed by atoms with Crippen molar-refractivity contribution in [3.05, 3.63) is 42.2 Å². The van der Waals surface area contributed by atoms with Gasteiger partial charge in [-0.15, -0.1) is 0 Å². The average molecular weight is 231 g/mol. The number of nitrogen functional groups attached to an aromatic ring is 1. The van der Waals surface area contributed by atoms with Gasteiger partial charge in [0, 0.05) is 25.4 Å². The Hall–Kier alpha value is -2.37. The number of rotatable bonds is 4. The van der Waals surface area contributed by atoms with Crippen LogP contribution in [0.5, 0.6) is 0 Å². The molecule has 1 amide bonds. The number of hydrogen-bond donors (Lipinski definition) is 3. The van der Waals surface area contributed by atoms with E-state index in [1.165, 1.54) is 6.20 Å². The number of amides is 1. The van der Waals surface area contributed by atoms with Gasteiger partial charge in [0.25, 0.3) is 5.91 Å². The summed E-state index contributed by atoms with van der Waals surface area (Å²) < 4.78 is 0. The number of aromatic nitrogens is 3. The Morgan fingerprint density at radius 3 is 2.94 bits per heavy atom. The number of H-pyrrole nitrogens is 1. The van der Waals surface area contributed by atoms with Gasteiger partial charge in [0.2, 0.25) is 0 Å². The standard InChI is InChI=1S/C11H13N5O/c12-8-1-2-9(16-7-8)11(17)15-4-3-10-13-5-6-14-10/h1-2,5-7H,3-4,12H2,(H,13,14)(H,15,17). The molecule has 6 nitrogen and oxygen atoms in total. The molecule has 17 heavy (non-hydrogen) atoms. The van der Waals surface area contributed by atoms with E-state index in [1.807, 2.05) is 0 Å². The van der Waals surface area contributed by atoms with Crippen LogP contribution in [0.1, 0.15) is 16.3 Å². The second-order valence-corrected chi connectivity index (χ2v) is 3.52. The summed E-state index contributed by atoms with van der Waals surface area (Å²) in [7, 11) is 0. The van der Waals surface area contributed by atoms with Crippen molar-refractivity contribution in [3.8, 4) is 0 Å². The lowest BCUT2D eigenvalue weighted by atomic mass is 10.3. The molecule has 2 heterocycles. The highest BCUT2D eigenvalue weighted by atomic mass is 16.1. The van der Waals surface area contributed by atoms with Gasteiger partial charge in [0.15, 0.2) is 0 Å². The largest absolute Gasteiger partial charge is 0.397 e. The summed E-state index contributed by atoms with van der Waals surface area (Å²) in [5, 5.41) is 2.75.